The fourth-order valence-electron chi connectivity index (χ4n) is 1.64. The molecular formula is C13H20FNO. The molecule has 3 heteroatoms. The van der Waals surface area contributed by atoms with E-state index in [0.717, 1.165) is 25.1 Å². The first-order valence-electron chi connectivity index (χ1n) is 5.84. The summed E-state index contributed by atoms with van der Waals surface area (Å²) in [6.07, 6.45) is 0.984. The molecule has 0 heterocycles. The van der Waals surface area contributed by atoms with Crippen molar-refractivity contribution < 1.29 is 9.13 Å². The van der Waals surface area contributed by atoms with Crippen LogP contribution >= 0.6 is 0 Å². The number of nitrogens with one attached hydrogen (secondary N) is 1. The maximum Gasteiger partial charge on any atom is 0.123 e. The molecule has 0 aliphatic rings. The van der Waals surface area contributed by atoms with Crippen molar-refractivity contribution in [3.63, 3.8) is 0 Å². The molecule has 0 amide bonds. The van der Waals surface area contributed by atoms with E-state index < -0.39 is 0 Å². The zero-order valence-corrected chi connectivity index (χ0v) is 10.0. The van der Waals surface area contributed by atoms with Gasteiger partial charge >= 0.3 is 0 Å². The molecule has 1 unspecified atom stereocenters. The van der Waals surface area contributed by atoms with Crippen molar-refractivity contribution in [1.82, 2.24) is 5.32 Å². The molecule has 0 saturated carbocycles. The van der Waals surface area contributed by atoms with E-state index in [-0.39, 0.29) is 11.9 Å². The largest absolute Gasteiger partial charge is 0.380 e. The summed E-state index contributed by atoms with van der Waals surface area (Å²) in [4.78, 5) is 0. The lowest BCUT2D eigenvalue weighted by Crippen LogP contribution is -2.24. The van der Waals surface area contributed by atoms with E-state index in [1.807, 2.05) is 19.1 Å². The minimum atomic E-state index is -0.187. The van der Waals surface area contributed by atoms with E-state index in [2.05, 4.69) is 12.2 Å². The molecule has 0 aliphatic heterocycles. The SMILES string of the molecule is CCOCCNC(CC)c1ccc(F)cc1. The molecule has 1 N–H and O–H groups in total. The highest BCUT2D eigenvalue weighted by Gasteiger charge is 2.07. The predicted octanol–water partition coefficient (Wildman–Crippen LogP) is 2.90. The van der Waals surface area contributed by atoms with Gasteiger partial charge in [-0.25, -0.2) is 4.39 Å². The van der Waals surface area contributed by atoms with E-state index in [1.54, 1.807) is 0 Å². The Morgan fingerprint density at radius 3 is 2.50 bits per heavy atom. The summed E-state index contributed by atoms with van der Waals surface area (Å²) in [5.74, 6) is -0.187. The van der Waals surface area contributed by atoms with Crippen molar-refractivity contribution in [3.05, 3.63) is 35.6 Å². The molecule has 0 spiro atoms. The molecule has 0 bridgehead atoms. The number of ether oxygens (including phenoxy) is 1. The van der Waals surface area contributed by atoms with E-state index in [1.165, 1.54) is 12.1 Å². The van der Waals surface area contributed by atoms with E-state index in [4.69, 9.17) is 4.74 Å². The fourth-order valence-corrected chi connectivity index (χ4v) is 1.64. The molecule has 1 rings (SSSR count). The minimum Gasteiger partial charge on any atom is -0.380 e. The molecule has 1 aromatic carbocycles. The second-order valence-corrected chi connectivity index (χ2v) is 3.66. The Balaban J connectivity index is 2.44. The third kappa shape index (κ3) is 4.29. The second kappa shape index (κ2) is 7.36. The highest BCUT2D eigenvalue weighted by molar-refractivity contribution is 5.19. The first-order valence-corrected chi connectivity index (χ1v) is 5.84. The van der Waals surface area contributed by atoms with Crippen molar-refractivity contribution >= 4 is 0 Å². The van der Waals surface area contributed by atoms with Crippen LogP contribution < -0.4 is 5.32 Å². The summed E-state index contributed by atoms with van der Waals surface area (Å²) in [5.41, 5.74) is 1.13. The molecule has 90 valence electrons. The van der Waals surface area contributed by atoms with Gasteiger partial charge < -0.3 is 10.1 Å². The Hall–Kier alpha value is -0.930. The van der Waals surface area contributed by atoms with Crippen LogP contribution in [0, 0.1) is 5.82 Å². The molecule has 0 radical (unpaired) electrons. The lowest BCUT2D eigenvalue weighted by Gasteiger charge is -2.17. The quantitative estimate of drug-likeness (QED) is 0.720. The molecule has 16 heavy (non-hydrogen) atoms. The summed E-state index contributed by atoms with van der Waals surface area (Å²) in [5, 5.41) is 3.39. The third-order valence-electron chi connectivity index (χ3n) is 2.52. The Kier molecular flexibility index (Phi) is 6.04. The Bertz CT molecular complexity index is 286. The smallest absolute Gasteiger partial charge is 0.123 e. The van der Waals surface area contributed by atoms with Crippen LogP contribution in [0.5, 0.6) is 0 Å². The molecule has 0 aliphatic carbocycles. The van der Waals surface area contributed by atoms with Gasteiger partial charge in [0.05, 0.1) is 6.61 Å². The number of benzene rings is 1. The zero-order valence-electron chi connectivity index (χ0n) is 10.0. The van der Waals surface area contributed by atoms with Gasteiger partial charge in [-0.1, -0.05) is 19.1 Å². The molecule has 0 fully saturated rings. The van der Waals surface area contributed by atoms with Crippen LogP contribution in [-0.2, 0) is 4.74 Å². The number of hydrogen-bond donors (Lipinski definition) is 1. The summed E-state index contributed by atoms with van der Waals surface area (Å²) >= 11 is 0. The second-order valence-electron chi connectivity index (χ2n) is 3.66. The van der Waals surface area contributed by atoms with E-state index in [0.29, 0.717) is 6.61 Å². The van der Waals surface area contributed by atoms with Crippen molar-refractivity contribution in [1.29, 1.82) is 0 Å². The number of hydrogen-bond acceptors (Lipinski definition) is 2. The van der Waals surface area contributed by atoms with Gasteiger partial charge in [0.25, 0.3) is 0 Å². The first-order chi connectivity index (χ1) is 7.77. The standard InChI is InChI=1S/C13H20FNO/c1-3-13(15-9-10-16-4-2)11-5-7-12(14)8-6-11/h5-8,13,15H,3-4,9-10H2,1-2H3. The van der Waals surface area contributed by atoms with Crippen molar-refractivity contribution in [2.45, 2.75) is 26.3 Å². The predicted molar refractivity (Wildman–Crippen MR) is 63.9 cm³/mol. The molecule has 0 aromatic heterocycles. The lowest BCUT2D eigenvalue weighted by molar-refractivity contribution is 0.146. The molecule has 1 aromatic rings. The van der Waals surface area contributed by atoms with Crippen LogP contribution in [0.3, 0.4) is 0 Å². The van der Waals surface area contributed by atoms with Gasteiger partial charge in [0.1, 0.15) is 5.82 Å². The topological polar surface area (TPSA) is 21.3 Å². The summed E-state index contributed by atoms with van der Waals surface area (Å²) in [7, 11) is 0. The van der Waals surface area contributed by atoms with Gasteiger partial charge in [-0.15, -0.1) is 0 Å². The van der Waals surface area contributed by atoms with Crippen LogP contribution in [0.2, 0.25) is 0 Å². The van der Waals surface area contributed by atoms with E-state index >= 15 is 0 Å². The normalized spacial score (nSPS) is 12.7. The fraction of sp³-hybridized carbons (Fsp3) is 0.538. The van der Waals surface area contributed by atoms with Crippen LogP contribution in [0.25, 0.3) is 0 Å². The molecule has 2 nitrogen and oxygen atoms in total. The van der Waals surface area contributed by atoms with Crippen molar-refractivity contribution in [2.75, 3.05) is 19.8 Å². The Morgan fingerprint density at radius 2 is 1.94 bits per heavy atom. The molecular weight excluding hydrogens is 205 g/mol. The van der Waals surface area contributed by atoms with Gasteiger partial charge in [-0.05, 0) is 31.0 Å². The Morgan fingerprint density at radius 1 is 1.25 bits per heavy atom. The van der Waals surface area contributed by atoms with Gasteiger partial charge in [0, 0.05) is 19.2 Å². The van der Waals surface area contributed by atoms with Gasteiger partial charge in [-0.2, -0.15) is 0 Å². The van der Waals surface area contributed by atoms with Crippen LogP contribution in [0.15, 0.2) is 24.3 Å². The molecule has 0 saturated heterocycles. The van der Waals surface area contributed by atoms with Crippen LogP contribution in [-0.4, -0.2) is 19.8 Å². The van der Waals surface area contributed by atoms with E-state index in [9.17, 15) is 4.39 Å². The monoisotopic (exact) mass is 225 g/mol. The van der Waals surface area contributed by atoms with Crippen molar-refractivity contribution in [3.8, 4) is 0 Å². The minimum absolute atomic E-state index is 0.187. The maximum absolute atomic E-state index is 12.8. The van der Waals surface area contributed by atoms with Crippen LogP contribution in [0.4, 0.5) is 4.39 Å². The maximum atomic E-state index is 12.8. The first kappa shape index (κ1) is 13.1. The van der Waals surface area contributed by atoms with Crippen molar-refractivity contribution in [2.24, 2.45) is 0 Å². The van der Waals surface area contributed by atoms with Crippen LogP contribution in [0.1, 0.15) is 31.9 Å². The summed E-state index contributed by atoms with van der Waals surface area (Å²) in [6, 6.07) is 6.94. The average molecular weight is 225 g/mol. The number of rotatable bonds is 7. The molecule has 1 atom stereocenters. The average Bonchev–Trinajstić information content (AvgIpc) is 2.31. The van der Waals surface area contributed by atoms with Gasteiger partial charge in [0.15, 0.2) is 0 Å². The highest BCUT2D eigenvalue weighted by Crippen LogP contribution is 2.16. The highest BCUT2D eigenvalue weighted by atomic mass is 19.1. The Labute approximate surface area is 96.8 Å². The lowest BCUT2D eigenvalue weighted by atomic mass is 10.0. The van der Waals surface area contributed by atoms with Gasteiger partial charge in [-0.3, -0.25) is 0 Å². The number of halogens is 1. The van der Waals surface area contributed by atoms with Gasteiger partial charge in [0.2, 0.25) is 0 Å². The third-order valence-corrected chi connectivity index (χ3v) is 2.52. The summed E-state index contributed by atoms with van der Waals surface area (Å²) < 4.78 is 18.0. The zero-order chi connectivity index (χ0) is 11.8. The summed E-state index contributed by atoms with van der Waals surface area (Å²) in [6.45, 7) is 6.38.